The van der Waals surface area contributed by atoms with Gasteiger partial charge in [0.05, 0.1) is 28.3 Å². The molecule has 0 bridgehead atoms. The molecule has 2 atom stereocenters. The van der Waals surface area contributed by atoms with Crippen LogP contribution in [-0.4, -0.2) is 43.6 Å². The van der Waals surface area contributed by atoms with Crippen LogP contribution < -0.4 is 20.9 Å². The Labute approximate surface area is 237 Å². The Morgan fingerprint density at radius 2 is 1.88 bits per heavy atom. The fraction of sp³-hybridized carbons (Fsp3) is 0.387. The van der Waals surface area contributed by atoms with Crippen LogP contribution in [0.15, 0.2) is 49.5 Å². The van der Waals surface area contributed by atoms with Gasteiger partial charge in [-0.3, -0.25) is 9.36 Å². The van der Waals surface area contributed by atoms with Crippen LogP contribution in [0.4, 0.5) is 0 Å². The third kappa shape index (κ3) is 4.94. The van der Waals surface area contributed by atoms with Crippen LogP contribution in [0.1, 0.15) is 66.6 Å². The van der Waals surface area contributed by atoms with Crippen molar-refractivity contribution in [3.63, 3.8) is 0 Å². The molecule has 0 aliphatic heterocycles. The van der Waals surface area contributed by atoms with E-state index in [-0.39, 0.29) is 24.1 Å². The second-order valence-electron chi connectivity index (χ2n) is 10.9. The molecule has 6 rings (SSSR count). The monoisotopic (exact) mass is 556 g/mol. The largest absolute Gasteiger partial charge is 0.474 e. The number of allylic oxidation sites excluding steroid dienone is 1. The Morgan fingerprint density at radius 1 is 1.15 bits per heavy atom. The first kappa shape index (κ1) is 26.4. The molecule has 40 heavy (non-hydrogen) atoms. The second kappa shape index (κ2) is 11.0. The molecule has 9 heteroatoms. The van der Waals surface area contributed by atoms with Crippen LogP contribution in [0.25, 0.3) is 33.5 Å². The van der Waals surface area contributed by atoms with E-state index in [2.05, 4.69) is 56.8 Å². The first-order valence-electron chi connectivity index (χ1n) is 14.1. The van der Waals surface area contributed by atoms with Crippen molar-refractivity contribution >= 4 is 45.1 Å². The van der Waals surface area contributed by atoms with Gasteiger partial charge in [-0.25, -0.2) is 9.97 Å². The molecular weight excluding hydrogens is 520 g/mol. The average Bonchev–Trinajstić information content (AvgIpc) is 3.59. The normalized spacial score (nSPS) is 19.6. The first-order chi connectivity index (χ1) is 19.4. The summed E-state index contributed by atoms with van der Waals surface area (Å²) in [5, 5.41) is 7.63. The van der Waals surface area contributed by atoms with E-state index in [1.807, 2.05) is 18.3 Å². The van der Waals surface area contributed by atoms with E-state index in [0.717, 1.165) is 76.7 Å². The summed E-state index contributed by atoms with van der Waals surface area (Å²) >= 11 is 1.40. The fourth-order valence-corrected chi connectivity index (χ4v) is 7.12. The summed E-state index contributed by atoms with van der Waals surface area (Å²) in [4.78, 5) is 27.8. The van der Waals surface area contributed by atoms with Crippen molar-refractivity contribution in [2.24, 2.45) is 0 Å². The number of aromatic nitrogens is 4. The predicted octanol–water partition coefficient (Wildman–Crippen LogP) is 5.61. The minimum atomic E-state index is -0.105. The summed E-state index contributed by atoms with van der Waals surface area (Å²) in [6.45, 7) is 14.2. The van der Waals surface area contributed by atoms with Crippen molar-refractivity contribution in [3.05, 3.63) is 65.4 Å². The highest BCUT2D eigenvalue weighted by molar-refractivity contribution is 7.21. The molecule has 4 heterocycles. The summed E-state index contributed by atoms with van der Waals surface area (Å²) in [6.07, 6.45) is 14.3. The van der Waals surface area contributed by atoms with Crippen molar-refractivity contribution in [2.45, 2.75) is 76.5 Å². The SMILES string of the molecule is C=CC(=C)N[C@H]1CCCC[C@H]1NC(=O)c1sc2nccc3c2c1[nH]c(=C)n3-c1cnc(OC2CCCC2)cc1C. The average molecular weight is 557 g/mol. The molecule has 0 radical (unpaired) electrons. The van der Waals surface area contributed by atoms with Crippen molar-refractivity contribution < 1.29 is 9.53 Å². The molecule has 4 aromatic heterocycles. The number of thiophene rings is 1. The van der Waals surface area contributed by atoms with Crippen molar-refractivity contribution in [1.82, 2.24) is 30.2 Å². The maximum Gasteiger partial charge on any atom is 0.263 e. The summed E-state index contributed by atoms with van der Waals surface area (Å²) in [7, 11) is 0. The molecule has 2 saturated carbocycles. The van der Waals surface area contributed by atoms with Crippen LogP contribution in [-0.2, 0) is 0 Å². The van der Waals surface area contributed by atoms with Gasteiger partial charge in [-0.1, -0.05) is 32.6 Å². The molecule has 0 unspecified atom stereocenters. The number of ether oxygens (including phenoxy) is 1. The Kier molecular flexibility index (Phi) is 7.23. The third-order valence-corrected chi connectivity index (χ3v) is 9.24. The van der Waals surface area contributed by atoms with Crippen molar-refractivity contribution in [2.75, 3.05) is 0 Å². The highest BCUT2D eigenvalue weighted by atomic mass is 32.1. The maximum atomic E-state index is 13.7. The second-order valence-corrected chi connectivity index (χ2v) is 11.9. The van der Waals surface area contributed by atoms with Crippen LogP contribution >= 0.6 is 11.3 Å². The smallest absolute Gasteiger partial charge is 0.263 e. The standard InChI is InChI=1S/C31H36N6O2S/c1-5-19(3)34-22-12-8-9-13-23(22)36-30(38)29-28-27-24(14-15-32-31(27)40-29)37(20(4)35-28)25-17-33-26(16-18(25)2)39-21-10-6-7-11-21/h5,14-17,21-23,34-35H,1,3-4,6-13H2,2H3,(H,36,38)/t22-,23+/m0/s1. The van der Waals surface area contributed by atoms with E-state index in [1.165, 1.54) is 24.2 Å². The molecule has 1 amide bonds. The molecular formula is C31H36N6O2S. The minimum absolute atomic E-state index is 0.00442. The Bertz CT molecular complexity index is 1660. The first-order valence-corrected chi connectivity index (χ1v) is 14.9. The molecule has 4 aromatic rings. The number of carbonyl (C=O) groups is 1. The lowest BCUT2D eigenvalue weighted by Gasteiger charge is -2.33. The highest BCUT2D eigenvalue weighted by Crippen LogP contribution is 2.34. The highest BCUT2D eigenvalue weighted by Gasteiger charge is 2.29. The molecule has 8 nitrogen and oxygen atoms in total. The van der Waals surface area contributed by atoms with Crippen LogP contribution in [0.2, 0.25) is 0 Å². The summed E-state index contributed by atoms with van der Waals surface area (Å²) in [5.41, 5.74) is 5.05. The third-order valence-electron chi connectivity index (χ3n) is 8.14. The van der Waals surface area contributed by atoms with Gasteiger partial charge in [-0.15, -0.1) is 11.3 Å². The van der Waals surface area contributed by atoms with Crippen LogP contribution in [0.5, 0.6) is 5.88 Å². The zero-order chi connectivity index (χ0) is 27.8. The van der Waals surface area contributed by atoms with Crippen LogP contribution in [0, 0.1) is 6.92 Å². The van der Waals surface area contributed by atoms with Gasteiger partial charge in [0.15, 0.2) is 0 Å². The summed E-state index contributed by atoms with van der Waals surface area (Å²) < 4.78 is 8.18. The van der Waals surface area contributed by atoms with Crippen molar-refractivity contribution in [3.8, 4) is 11.6 Å². The summed E-state index contributed by atoms with van der Waals surface area (Å²) in [5.74, 6) is 0.554. The number of carbonyl (C=O) groups excluding carboxylic acids is 1. The van der Waals surface area contributed by atoms with Gasteiger partial charge in [0.1, 0.15) is 21.3 Å². The van der Waals surface area contributed by atoms with Gasteiger partial charge >= 0.3 is 0 Å². The number of pyridine rings is 2. The number of nitrogens with zero attached hydrogens (tertiary/aromatic N) is 3. The lowest BCUT2D eigenvalue weighted by atomic mass is 9.90. The van der Waals surface area contributed by atoms with Gasteiger partial charge in [0.2, 0.25) is 5.88 Å². The predicted molar refractivity (Wildman–Crippen MR) is 162 cm³/mol. The minimum Gasteiger partial charge on any atom is -0.474 e. The number of aromatic amines is 1. The van der Waals surface area contributed by atoms with Gasteiger partial charge < -0.3 is 20.4 Å². The van der Waals surface area contributed by atoms with E-state index in [4.69, 9.17) is 4.74 Å². The number of aryl methyl sites for hydroxylation is 1. The van der Waals surface area contributed by atoms with E-state index in [9.17, 15) is 4.79 Å². The molecule has 2 aliphatic rings. The lowest BCUT2D eigenvalue weighted by molar-refractivity contribution is 0.0922. The number of amides is 1. The van der Waals surface area contributed by atoms with Gasteiger partial charge in [-0.05, 0) is 63.2 Å². The number of hydrogen-bond acceptors (Lipinski definition) is 6. The molecule has 2 fully saturated rings. The Balaban J connectivity index is 1.34. The molecule has 2 aliphatic carbocycles. The van der Waals surface area contributed by atoms with Crippen molar-refractivity contribution in [1.29, 1.82) is 0 Å². The number of hydrogen-bond donors (Lipinski definition) is 3. The van der Waals surface area contributed by atoms with E-state index in [0.29, 0.717) is 16.2 Å². The molecule has 3 N–H and O–H groups in total. The van der Waals surface area contributed by atoms with Gasteiger partial charge in [-0.2, -0.15) is 0 Å². The number of rotatable bonds is 8. The molecule has 0 aromatic carbocycles. The Morgan fingerprint density at radius 3 is 2.60 bits per heavy atom. The molecule has 0 spiro atoms. The zero-order valence-corrected chi connectivity index (χ0v) is 23.8. The number of nitrogens with one attached hydrogen (secondary N) is 3. The zero-order valence-electron chi connectivity index (χ0n) is 23.0. The quantitative estimate of drug-likeness (QED) is 0.245. The number of H-pyrrole nitrogens is 1. The molecule has 0 saturated heterocycles. The summed E-state index contributed by atoms with van der Waals surface area (Å²) in [6, 6.07) is 4.09. The maximum absolute atomic E-state index is 13.7. The van der Waals surface area contributed by atoms with Gasteiger partial charge in [0.25, 0.3) is 5.91 Å². The Hall–Kier alpha value is -3.85. The van der Waals surface area contributed by atoms with Crippen LogP contribution in [0.3, 0.4) is 0 Å². The van der Waals surface area contributed by atoms with E-state index < -0.39 is 0 Å². The molecule has 208 valence electrons. The topological polar surface area (TPSA) is 96.9 Å². The lowest BCUT2D eigenvalue weighted by Crippen LogP contribution is -2.51. The fourth-order valence-electron chi connectivity index (χ4n) is 6.10. The van der Waals surface area contributed by atoms with Gasteiger partial charge in [0, 0.05) is 30.0 Å². The van der Waals surface area contributed by atoms with E-state index in [1.54, 1.807) is 12.3 Å². The van der Waals surface area contributed by atoms with E-state index >= 15 is 0 Å².